The summed E-state index contributed by atoms with van der Waals surface area (Å²) in [7, 11) is 0. The van der Waals surface area contributed by atoms with E-state index in [2.05, 4.69) is 5.32 Å². The monoisotopic (exact) mass is 214 g/mol. The van der Waals surface area contributed by atoms with Crippen molar-refractivity contribution >= 4 is 5.91 Å². The molecule has 1 amide bonds. The fourth-order valence-corrected chi connectivity index (χ4v) is 1.73. The minimum atomic E-state index is -0.205. The van der Waals surface area contributed by atoms with E-state index in [1.165, 1.54) is 12.8 Å². The molecule has 1 fully saturated rings. The number of rotatable bonds is 7. The third-order valence-corrected chi connectivity index (χ3v) is 3.00. The lowest BCUT2D eigenvalue weighted by molar-refractivity contribution is -0.124. The summed E-state index contributed by atoms with van der Waals surface area (Å²) in [5.74, 6) is 0.613. The van der Waals surface area contributed by atoms with E-state index in [0.717, 1.165) is 0 Å². The SMILES string of the molecule is CCOCCC(=O)NC(C)(CN)C1CC1. The van der Waals surface area contributed by atoms with Crippen LogP contribution in [-0.4, -0.2) is 31.2 Å². The molecule has 0 bridgehead atoms. The molecule has 1 atom stereocenters. The van der Waals surface area contributed by atoms with Gasteiger partial charge in [-0.15, -0.1) is 0 Å². The van der Waals surface area contributed by atoms with Crippen LogP contribution in [0.2, 0.25) is 0 Å². The fraction of sp³-hybridized carbons (Fsp3) is 0.909. The summed E-state index contributed by atoms with van der Waals surface area (Å²) >= 11 is 0. The first-order valence-electron chi connectivity index (χ1n) is 5.71. The van der Waals surface area contributed by atoms with E-state index in [4.69, 9.17) is 10.5 Å². The lowest BCUT2D eigenvalue weighted by atomic mass is 9.96. The highest BCUT2D eigenvalue weighted by molar-refractivity contribution is 5.77. The molecular formula is C11H22N2O2. The molecule has 4 nitrogen and oxygen atoms in total. The Balaban J connectivity index is 2.28. The maximum Gasteiger partial charge on any atom is 0.222 e. The van der Waals surface area contributed by atoms with Crippen LogP contribution in [0.3, 0.4) is 0 Å². The van der Waals surface area contributed by atoms with Crippen LogP contribution in [0, 0.1) is 5.92 Å². The van der Waals surface area contributed by atoms with E-state index >= 15 is 0 Å². The summed E-state index contributed by atoms with van der Waals surface area (Å²) in [5, 5.41) is 3.02. The maximum atomic E-state index is 11.6. The fourth-order valence-electron chi connectivity index (χ4n) is 1.73. The Morgan fingerprint density at radius 3 is 2.73 bits per heavy atom. The molecule has 4 heteroatoms. The van der Waals surface area contributed by atoms with Gasteiger partial charge in [0.25, 0.3) is 0 Å². The number of amides is 1. The number of carbonyl (C=O) groups is 1. The number of hydrogen-bond acceptors (Lipinski definition) is 3. The molecule has 1 unspecified atom stereocenters. The van der Waals surface area contributed by atoms with Gasteiger partial charge in [-0.3, -0.25) is 4.79 Å². The molecule has 1 aliphatic rings. The van der Waals surface area contributed by atoms with Crippen molar-refractivity contribution in [2.45, 2.75) is 38.6 Å². The van der Waals surface area contributed by atoms with Crippen LogP contribution < -0.4 is 11.1 Å². The molecule has 1 saturated carbocycles. The van der Waals surface area contributed by atoms with Crippen LogP contribution in [-0.2, 0) is 9.53 Å². The Kier molecular flexibility index (Phi) is 4.54. The Labute approximate surface area is 91.5 Å². The summed E-state index contributed by atoms with van der Waals surface area (Å²) in [6, 6.07) is 0. The van der Waals surface area contributed by atoms with Gasteiger partial charge in [-0.25, -0.2) is 0 Å². The molecule has 88 valence electrons. The quantitative estimate of drug-likeness (QED) is 0.612. The molecule has 15 heavy (non-hydrogen) atoms. The molecule has 0 saturated heterocycles. The van der Waals surface area contributed by atoms with Gasteiger partial charge in [0.15, 0.2) is 0 Å². The second kappa shape index (κ2) is 5.47. The van der Waals surface area contributed by atoms with Gasteiger partial charge >= 0.3 is 0 Å². The Morgan fingerprint density at radius 1 is 1.60 bits per heavy atom. The molecule has 0 spiro atoms. The average Bonchev–Trinajstić information content (AvgIpc) is 3.01. The molecular weight excluding hydrogens is 192 g/mol. The highest BCUT2D eigenvalue weighted by atomic mass is 16.5. The van der Waals surface area contributed by atoms with Crippen molar-refractivity contribution in [2.75, 3.05) is 19.8 Å². The Morgan fingerprint density at radius 2 is 2.27 bits per heavy atom. The first kappa shape index (κ1) is 12.5. The molecule has 0 aliphatic heterocycles. The zero-order valence-electron chi connectivity index (χ0n) is 9.71. The maximum absolute atomic E-state index is 11.6. The predicted molar refractivity (Wildman–Crippen MR) is 59.4 cm³/mol. The lowest BCUT2D eigenvalue weighted by Crippen LogP contribution is -2.53. The number of nitrogens with two attached hydrogens (primary N) is 1. The van der Waals surface area contributed by atoms with Gasteiger partial charge in [-0.2, -0.15) is 0 Å². The van der Waals surface area contributed by atoms with Gasteiger partial charge < -0.3 is 15.8 Å². The van der Waals surface area contributed by atoms with Gasteiger partial charge in [0.05, 0.1) is 12.1 Å². The van der Waals surface area contributed by atoms with E-state index in [0.29, 0.717) is 32.1 Å². The Hall–Kier alpha value is -0.610. The molecule has 0 aromatic heterocycles. The summed E-state index contributed by atoms with van der Waals surface area (Å²) in [6.07, 6.45) is 2.79. The van der Waals surface area contributed by atoms with E-state index in [1.807, 2.05) is 13.8 Å². The van der Waals surface area contributed by atoms with Crippen molar-refractivity contribution in [3.8, 4) is 0 Å². The standard InChI is InChI=1S/C11H22N2O2/c1-3-15-7-6-10(14)13-11(2,8-12)9-4-5-9/h9H,3-8,12H2,1-2H3,(H,13,14). The van der Waals surface area contributed by atoms with Gasteiger partial charge in [-0.05, 0) is 32.6 Å². The largest absolute Gasteiger partial charge is 0.381 e. The van der Waals surface area contributed by atoms with E-state index in [9.17, 15) is 4.79 Å². The van der Waals surface area contributed by atoms with Crippen LogP contribution in [0.1, 0.15) is 33.1 Å². The van der Waals surface area contributed by atoms with Crippen LogP contribution in [0.25, 0.3) is 0 Å². The van der Waals surface area contributed by atoms with Crippen molar-refractivity contribution in [3.63, 3.8) is 0 Å². The van der Waals surface area contributed by atoms with E-state index in [1.54, 1.807) is 0 Å². The third-order valence-electron chi connectivity index (χ3n) is 3.00. The van der Waals surface area contributed by atoms with Crippen LogP contribution in [0.5, 0.6) is 0 Å². The number of carbonyl (C=O) groups excluding carboxylic acids is 1. The molecule has 0 radical (unpaired) electrons. The second-order valence-electron chi connectivity index (χ2n) is 4.39. The summed E-state index contributed by atoms with van der Waals surface area (Å²) in [5.41, 5.74) is 5.50. The first-order valence-corrected chi connectivity index (χ1v) is 5.71. The predicted octanol–water partition coefficient (Wildman–Crippen LogP) is 0.657. The number of ether oxygens (including phenoxy) is 1. The molecule has 0 heterocycles. The molecule has 0 aromatic carbocycles. The summed E-state index contributed by atoms with van der Waals surface area (Å²) in [6.45, 7) is 5.62. The molecule has 3 N–H and O–H groups in total. The molecule has 0 aromatic rings. The average molecular weight is 214 g/mol. The van der Waals surface area contributed by atoms with Crippen LogP contribution in [0.4, 0.5) is 0 Å². The number of hydrogen-bond donors (Lipinski definition) is 2. The minimum absolute atomic E-state index is 0.0447. The zero-order valence-corrected chi connectivity index (χ0v) is 9.71. The Bertz CT molecular complexity index is 217. The minimum Gasteiger partial charge on any atom is -0.381 e. The van der Waals surface area contributed by atoms with Crippen molar-refractivity contribution in [1.82, 2.24) is 5.32 Å². The molecule has 1 aliphatic carbocycles. The van der Waals surface area contributed by atoms with Crippen LogP contribution >= 0.6 is 0 Å². The van der Waals surface area contributed by atoms with Gasteiger partial charge in [0, 0.05) is 19.6 Å². The normalized spacial score (nSPS) is 19.7. The lowest BCUT2D eigenvalue weighted by Gasteiger charge is -2.29. The first-order chi connectivity index (χ1) is 7.12. The van der Waals surface area contributed by atoms with Crippen molar-refractivity contribution in [3.05, 3.63) is 0 Å². The second-order valence-corrected chi connectivity index (χ2v) is 4.39. The summed E-state index contributed by atoms with van der Waals surface area (Å²) in [4.78, 5) is 11.6. The smallest absolute Gasteiger partial charge is 0.222 e. The molecule has 1 rings (SSSR count). The van der Waals surface area contributed by atoms with Gasteiger partial charge in [0.1, 0.15) is 0 Å². The highest BCUT2D eigenvalue weighted by Crippen LogP contribution is 2.38. The topological polar surface area (TPSA) is 64.3 Å². The van der Waals surface area contributed by atoms with Crippen LogP contribution in [0.15, 0.2) is 0 Å². The van der Waals surface area contributed by atoms with Crippen molar-refractivity contribution < 1.29 is 9.53 Å². The van der Waals surface area contributed by atoms with Gasteiger partial charge in [0.2, 0.25) is 5.91 Å². The van der Waals surface area contributed by atoms with Crippen molar-refractivity contribution in [1.29, 1.82) is 0 Å². The third kappa shape index (κ3) is 3.80. The van der Waals surface area contributed by atoms with E-state index in [-0.39, 0.29) is 11.4 Å². The highest BCUT2D eigenvalue weighted by Gasteiger charge is 2.41. The zero-order chi connectivity index (χ0) is 11.3. The van der Waals surface area contributed by atoms with Gasteiger partial charge in [-0.1, -0.05) is 0 Å². The van der Waals surface area contributed by atoms with E-state index < -0.39 is 0 Å². The summed E-state index contributed by atoms with van der Waals surface area (Å²) < 4.78 is 5.14. The number of nitrogens with one attached hydrogen (secondary N) is 1. The van der Waals surface area contributed by atoms with Crippen molar-refractivity contribution in [2.24, 2.45) is 11.7 Å².